The van der Waals surface area contributed by atoms with Crippen molar-refractivity contribution in [1.82, 2.24) is 0 Å². The van der Waals surface area contributed by atoms with Crippen LogP contribution in [-0.4, -0.2) is 17.9 Å². The van der Waals surface area contributed by atoms with Crippen molar-refractivity contribution in [2.75, 3.05) is 9.96 Å². The first-order valence-corrected chi connectivity index (χ1v) is 9.72. The molecule has 2 aliphatic rings. The maximum Gasteiger partial charge on any atom is 0.266 e. The van der Waals surface area contributed by atoms with E-state index in [4.69, 9.17) is 16.4 Å². The number of amides is 2. The minimum atomic E-state index is -0.872. The molecule has 5 rings (SSSR count). The van der Waals surface area contributed by atoms with Gasteiger partial charge in [-0.15, -0.1) is 0 Å². The van der Waals surface area contributed by atoms with E-state index in [0.29, 0.717) is 10.7 Å². The molecule has 0 saturated carbocycles. The van der Waals surface area contributed by atoms with Crippen LogP contribution < -0.4 is 9.96 Å². The van der Waals surface area contributed by atoms with Gasteiger partial charge >= 0.3 is 0 Å². The summed E-state index contributed by atoms with van der Waals surface area (Å²) in [5.74, 6) is -1.27. The molecule has 144 valence electrons. The number of carbonyl (C=O) groups is 2. The lowest BCUT2D eigenvalue weighted by Crippen LogP contribution is -2.37. The summed E-state index contributed by atoms with van der Waals surface area (Å²) in [7, 11) is 0. The van der Waals surface area contributed by atoms with Crippen LogP contribution in [-0.2, 0) is 14.4 Å². The quantitative estimate of drug-likeness (QED) is 0.607. The van der Waals surface area contributed by atoms with Crippen LogP contribution in [0.4, 0.5) is 11.4 Å². The molecule has 0 unspecified atom stereocenters. The van der Waals surface area contributed by atoms with E-state index in [-0.39, 0.29) is 11.8 Å². The molecule has 3 aromatic carbocycles. The Hall–Kier alpha value is -3.15. The maximum absolute atomic E-state index is 13.4. The lowest BCUT2D eigenvalue weighted by atomic mass is 9.90. The third-order valence-corrected chi connectivity index (χ3v) is 5.60. The second-order valence-corrected chi connectivity index (χ2v) is 7.49. The summed E-state index contributed by atoms with van der Waals surface area (Å²) in [6, 6.07) is 25.5. The van der Waals surface area contributed by atoms with E-state index in [9.17, 15) is 9.59 Å². The molecule has 3 aromatic rings. The Morgan fingerprint density at radius 2 is 1.34 bits per heavy atom. The maximum atomic E-state index is 13.4. The summed E-state index contributed by atoms with van der Waals surface area (Å²) in [5.41, 5.74) is 2.22. The Morgan fingerprint density at radius 1 is 0.724 bits per heavy atom. The molecule has 6 heteroatoms. The van der Waals surface area contributed by atoms with E-state index in [0.717, 1.165) is 11.3 Å². The van der Waals surface area contributed by atoms with Crippen molar-refractivity contribution in [2.45, 2.75) is 12.1 Å². The molecule has 2 fully saturated rings. The number of halogens is 1. The number of fused-ring (bicyclic) bond motifs is 1. The summed E-state index contributed by atoms with van der Waals surface area (Å²) in [4.78, 5) is 33.9. The number of carbonyl (C=O) groups excluding carboxylic acids is 2. The van der Waals surface area contributed by atoms with Crippen LogP contribution in [0, 0.1) is 5.92 Å². The number of hydrogen-bond acceptors (Lipinski definition) is 4. The number of imide groups is 1. The monoisotopic (exact) mass is 404 g/mol. The molecule has 2 amide bonds. The minimum absolute atomic E-state index is 0.269. The van der Waals surface area contributed by atoms with E-state index < -0.39 is 18.1 Å². The second kappa shape index (κ2) is 7.03. The second-order valence-electron chi connectivity index (χ2n) is 7.06. The highest BCUT2D eigenvalue weighted by Crippen LogP contribution is 2.47. The van der Waals surface area contributed by atoms with Crippen molar-refractivity contribution in [2.24, 2.45) is 5.92 Å². The molecule has 2 aliphatic heterocycles. The third kappa shape index (κ3) is 2.90. The van der Waals surface area contributed by atoms with Gasteiger partial charge in [0.1, 0.15) is 5.92 Å². The van der Waals surface area contributed by atoms with Crippen LogP contribution >= 0.6 is 11.6 Å². The first-order valence-electron chi connectivity index (χ1n) is 9.34. The van der Waals surface area contributed by atoms with Crippen molar-refractivity contribution in [3.05, 3.63) is 95.5 Å². The van der Waals surface area contributed by atoms with Crippen LogP contribution in [0.25, 0.3) is 0 Å². The van der Waals surface area contributed by atoms with E-state index in [1.54, 1.807) is 29.3 Å². The van der Waals surface area contributed by atoms with Gasteiger partial charge in [0.2, 0.25) is 5.91 Å². The highest BCUT2D eigenvalue weighted by atomic mass is 35.5. The molecule has 0 aromatic heterocycles. The van der Waals surface area contributed by atoms with E-state index >= 15 is 0 Å². The number of hydroxylamine groups is 1. The standard InChI is InChI=1S/C23H17ClN2O3/c24-16-11-13-17(14-12-16)25-22(27)19-20(15-7-3-1-4-8-15)26(29-21(19)23(25)28)18-9-5-2-6-10-18/h1-14,19-21H/t19-,20+,21+/m1/s1. The van der Waals surface area contributed by atoms with Gasteiger partial charge < -0.3 is 0 Å². The fourth-order valence-corrected chi connectivity index (χ4v) is 4.17. The third-order valence-electron chi connectivity index (χ3n) is 5.35. The van der Waals surface area contributed by atoms with Gasteiger partial charge in [0.15, 0.2) is 6.10 Å². The summed E-state index contributed by atoms with van der Waals surface area (Å²) in [6.07, 6.45) is -0.872. The minimum Gasteiger partial charge on any atom is -0.273 e. The molecule has 2 heterocycles. The molecule has 0 spiro atoms. The van der Waals surface area contributed by atoms with Crippen LogP contribution in [0.15, 0.2) is 84.9 Å². The summed E-state index contributed by atoms with van der Waals surface area (Å²) in [5, 5.41) is 2.24. The number of rotatable bonds is 3. The highest BCUT2D eigenvalue weighted by molar-refractivity contribution is 6.31. The van der Waals surface area contributed by atoms with Gasteiger partial charge in [-0.2, -0.15) is 0 Å². The zero-order valence-electron chi connectivity index (χ0n) is 15.3. The Bertz CT molecular complexity index is 1060. The van der Waals surface area contributed by atoms with Crippen molar-refractivity contribution < 1.29 is 14.4 Å². The largest absolute Gasteiger partial charge is 0.273 e. The van der Waals surface area contributed by atoms with Gasteiger partial charge in [-0.05, 0) is 42.0 Å². The number of benzene rings is 3. The van der Waals surface area contributed by atoms with Gasteiger partial charge in [-0.25, -0.2) is 9.96 Å². The molecule has 0 aliphatic carbocycles. The number of para-hydroxylation sites is 1. The zero-order chi connectivity index (χ0) is 20.0. The lowest BCUT2D eigenvalue weighted by molar-refractivity contribution is -0.126. The van der Waals surface area contributed by atoms with E-state index in [1.165, 1.54) is 4.90 Å². The van der Waals surface area contributed by atoms with Crippen molar-refractivity contribution >= 4 is 34.8 Å². The Labute approximate surface area is 173 Å². The lowest BCUT2D eigenvalue weighted by Gasteiger charge is -2.28. The Kier molecular flexibility index (Phi) is 4.34. The highest BCUT2D eigenvalue weighted by Gasteiger charge is 2.60. The number of nitrogens with zero attached hydrogens (tertiary/aromatic N) is 2. The predicted molar refractivity (Wildman–Crippen MR) is 110 cm³/mol. The SMILES string of the molecule is O=C1[C@H]2[C@H](ON(c3ccccc3)[C@H]2c2ccccc2)C(=O)N1c1ccc(Cl)cc1. The average molecular weight is 405 g/mol. The fourth-order valence-electron chi connectivity index (χ4n) is 4.05. The van der Waals surface area contributed by atoms with Gasteiger partial charge in [0.25, 0.3) is 5.91 Å². The molecule has 0 bridgehead atoms. The molecule has 2 saturated heterocycles. The molecule has 29 heavy (non-hydrogen) atoms. The normalized spacial score (nSPS) is 23.6. The van der Waals surface area contributed by atoms with Gasteiger partial charge in [0.05, 0.1) is 17.4 Å². The smallest absolute Gasteiger partial charge is 0.266 e. The van der Waals surface area contributed by atoms with Crippen molar-refractivity contribution in [3.8, 4) is 0 Å². The number of anilines is 2. The molecule has 0 N–H and O–H groups in total. The van der Waals surface area contributed by atoms with Crippen LogP contribution in [0.2, 0.25) is 5.02 Å². The van der Waals surface area contributed by atoms with Crippen molar-refractivity contribution in [3.63, 3.8) is 0 Å². The first-order chi connectivity index (χ1) is 14.1. The molecule has 5 nitrogen and oxygen atoms in total. The summed E-state index contributed by atoms with van der Waals surface area (Å²) in [6.45, 7) is 0. The Morgan fingerprint density at radius 3 is 2.00 bits per heavy atom. The fraction of sp³-hybridized carbons (Fsp3) is 0.130. The predicted octanol–water partition coefficient (Wildman–Crippen LogP) is 4.39. The van der Waals surface area contributed by atoms with E-state index in [2.05, 4.69) is 0 Å². The molecule has 0 radical (unpaired) electrons. The molecule has 3 atom stereocenters. The number of hydrogen-bond donors (Lipinski definition) is 0. The summed E-state index contributed by atoms with van der Waals surface area (Å²) >= 11 is 5.96. The Balaban J connectivity index is 1.58. The first kappa shape index (κ1) is 17.9. The van der Waals surface area contributed by atoms with Gasteiger partial charge in [-0.3, -0.25) is 14.4 Å². The zero-order valence-corrected chi connectivity index (χ0v) is 16.1. The molecular weight excluding hydrogens is 388 g/mol. The van der Waals surface area contributed by atoms with Crippen LogP contribution in [0.1, 0.15) is 11.6 Å². The summed E-state index contributed by atoms with van der Waals surface area (Å²) < 4.78 is 0. The van der Waals surface area contributed by atoms with Gasteiger partial charge in [-0.1, -0.05) is 60.1 Å². The topological polar surface area (TPSA) is 49.9 Å². The average Bonchev–Trinajstić information content (AvgIpc) is 3.27. The van der Waals surface area contributed by atoms with Crippen LogP contribution in [0.3, 0.4) is 0 Å². The van der Waals surface area contributed by atoms with Crippen molar-refractivity contribution in [1.29, 1.82) is 0 Å². The van der Waals surface area contributed by atoms with Gasteiger partial charge in [0, 0.05) is 5.02 Å². The molecular formula is C23H17ClN2O3. The van der Waals surface area contributed by atoms with E-state index in [1.807, 2.05) is 60.7 Å². The van der Waals surface area contributed by atoms with Crippen LogP contribution in [0.5, 0.6) is 0 Å².